The molecule has 0 radical (unpaired) electrons. The number of nitrogens with two attached hydrogens (primary N) is 1. The summed E-state index contributed by atoms with van der Waals surface area (Å²) in [7, 11) is -6.21. The van der Waals surface area contributed by atoms with Crippen LogP contribution < -0.4 is 15.5 Å². The highest BCUT2D eigenvalue weighted by atomic mass is 32.2. The Balaban J connectivity index is 2.39. The van der Waals surface area contributed by atoms with Crippen molar-refractivity contribution >= 4 is 28.7 Å². The third kappa shape index (κ3) is 6.38. The normalized spacial score (nSPS) is 14.4. The van der Waals surface area contributed by atoms with Crippen molar-refractivity contribution < 1.29 is 12.8 Å². The maximum Gasteiger partial charge on any atom is 0.255 e. The summed E-state index contributed by atoms with van der Waals surface area (Å²) >= 11 is 0. The highest BCUT2D eigenvalue weighted by molar-refractivity contribution is 7.89. The molecule has 6 heteroatoms. The van der Waals surface area contributed by atoms with Gasteiger partial charge in [0.1, 0.15) is 0 Å². The summed E-state index contributed by atoms with van der Waals surface area (Å²) in [4.78, 5) is 0. The first-order valence-corrected chi connectivity index (χ1v) is 14.3. The molecule has 2 aromatic rings. The number of hydrogen-bond acceptors (Lipinski definition) is 3. The number of sulfonamides is 1. The molecule has 0 aromatic heterocycles. The second-order valence-electron chi connectivity index (χ2n) is 8.42. The van der Waals surface area contributed by atoms with Crippen LogP contribution in [0.15, 0.2) is 73.3 Å². The van der Waals surface area contributed by atoms with Crippen molar-refractivity contribution in [3.63, 3.8) is 0 Å². The summed E-state index contributed by atoms with van der Waals surface area (Å²) in [5.41, 5.74) is 0. The van der Waals surface area contributed by atoms with Gasteiger partial charge in [-0.1, -0.05) is 87.5 Å². The Morgan fingerprint density at radius 3 is 1.90 bits per heavy atom. The average Bonchev–Trinajstić information content (AvgIpc) is 2.70. The fourth-order valence-corrected chi connectivity index (χ4v) is 9.67. The highest BCUT2D eigenvalue weighted by Gasteiger charge is 2.40. The van der Waals surface area contributed by atoms with Crippen molar-refractivity contribution in [3.8, 4) is 0 Å². The molecule has 30 heavy (non-hydrogen) atoms. The SMILES string of the molecule is C=CC[C@H](C)[C@@H](CCO[Si](CC(C)C)(c1ccccc1)c1ccccc1)S(N)(=O)=O. The Morgan fingerprint density at radius 2 is 1.50 bits per heavy atom. The van der Waals surface area contributed by atoms with Crippen LogP contribution in [-0.4, -0.2) is 28.6 Å². The van der Waals surface area contributed by atoms with Gasteiger partial charge < -0.3 is 4.43 Å². The second-order valence-corrected chi connectivity index (χ2v) is 13.7. The summed E-state index contributed by atoms with van der Waals surface area (Å²) < 4.78 is 31.2. The summed E-state index contributed by atoms with van der Waals surface area (Å²) in [6.45, 7) is 10.4. The zero-order valence-electron chi connectivity index (χ0n) is 18.3. The molecule has 2 rings (SSSR count). The quantitative estimate of drug-likeness (QED) is 0.400. The first-order chi connectivity index (χ1) is 14.2. The van der Waals surface area contributed by atoms with Crippen LogP contribution in [0, 0.1) is 11.8 Å². The van der Waals surface area contributed by atoms with Crippen LogP contribution >= 0.6 is 0 Å². The van der Waals surface area contributed by atoms with Crippen LogP contribution in [0.2, 0.25) is 6.04 Å². The van der Waals surface area contributed by atoms with Gasteiger partial charge in [0.05, 0.1) is 5.25 Å². The van der Waals surface area contributed by atoms with Crippen molar-refractivity contribution in [2.75, 3.05) is 6.61 Å². The Kier molecular flexibility index (Phi) is 9.03. The molecule has 0 amide bonds. The van der Waals surface area contributed by atoms with Gasteiger partial charge in [0.15, 0.2) is 0 Å². The standard InChI is InChI=1S/C24H35NO3SSi/c1-5-12-21(4)24(29(25,26)27)17-18-28-30(19-20(2)3,22-13-8-6-9-14-22)23-15-10-7-11-16-23/h5-11,13-16,20-21,24H,1,12,17-19H2,2-4H3,(H2,25,26,27)/t21-,24+/m0/s1. The largest absolute Gasteiger partial charge is 0.408 e. The topological polar surface area (TPSA) is 69.4 Å². The molecule has 0 spiro atoms. The van der Waals surface area contributed by atoms with Crippen LogP contribution in [0.3, 0.4) is 0 Å². The third-order valence-electron chi connectivity index (χ3n) is 5.52. The Morgan fingerprint density at radius 1 is 1.00 bits per heavy atom. The molecule has 0 fully saturated rings. The highest BCUT2D eigenvalue weighted by Crippen LogP contribution is 2.23. The van der Waals surface area contributed by atoms with Crippen LogP contribution in [0.1, 0.15) is 33.6 Å². The molecular weight excluding hydrogens is 410 g/mol. The maximum atomic E-state index is 12.2. The molecule has 4 nitrogen and oxygen atoms in total. The molecule has 2 aromatic carbocycles. The number of primary sulfonamides is 1. The Labute approximate surface area is 183 Å². The Hall–Kier alpha value is -1.73. The van der Waals surface area contributed by atoms with E-state index in [1.54, 1.807) is 6.08 Å². The van der Waals surface area contributed by atoms with Gasteiger partial charge in [0.2, 0.25) is 10.0 Å². The number of hydrogen-bond donors (Lipinski definition) is 1. The van der Waals surface area contributed by atoms with E-state index in [9.17, 15) is 8.42 Å². The van der Waals surface area contributed by atoms with Crippen molar-refractivity contribution in [2.24, 2.45) is 17.0 Å². The fourth-order valence-electron chi connectivity index (χ4n) is 4.15. The lowest BCUT2D eigenvalue weighted by Crippen LogP contribution is -2.61. The van der Waals surface area contributed by atoms with E-state index < -0.39 is 23.6 Å². The van der Waals surface area contributed by atoms with E-state index in [-0.39, 0.29) is 5.92 Å². The number of benzene rings is 2. The molecule has 0 aliphatic rings. The van der Waals surface area contributed by atoms with Gasteiger partial charge in [-0.05, 0) is 41.1 Å². The summed E-state index contributed by atoms with van der Waals surface area (Å²) in [5.74, 6) is 0.335. The predicted octanol–water partition coefficient (Wildman–Crippen LogP) is 3.68. The molecule has 0 saturated carbocycles. The van der Waals surface area contributed by atoms with Crippen molar-refractivity contribution in [3.05, 3.63) is 73.3 Å². The van der Waals surface area contributed by atoms with Crippen molar-refractivity contribution in [1.29, 1.82) is 0 Å². The van der Waals surface area contributed by atoms with Gasteiger partial charge in [0, 0.05) is 6.61 Å². The van der Waals surface area contributed by atoms with E-state index in [0.717, 1.165) is 6.04 Å². The minimum Gasteiger partial charge on any atom is -0.408 e. The zero-order chi connectivity index (χ0) is 22.2. The first kappa shape index (κ1) is 24.5. The summed E-state index contributed by atoms with van der Waals surface area (Å²) in [6.07, 6.45) is 2.73. The second kappa shape index (κ2) is 11.0. The van der Waals surface area contributed by atoms with Crippen LogP contribution in [0.5, 0.6) is 0 Å². The van der Waals surface area contributed by atoms with Gasteiger partial charge >= 0.3 is 0 Å². The molecular formula is C24H35NO3SSi. The molecule has 2 N–H and O–H groups in total. The van der Waals surface area contributed by atoms with E-state index >= 15 is 0 Å². The van der Waals surface area contributed by atoms with Crippen LogP contribution in [0.25, 0.3) is 0 Å². The molecule has 0 bridgehead atoms. The molecule has 0 aliphatic carbocycles. The molecule has 0 saturated heterocycles. The van der Waals surface area contributed by atoms with E-state index in [1.165, 1.54) is 10.4 Å². The lowest BCUT2D eigenvalue weighted by atomic mass is 10.0. The molecule has 164 valence electrons. The number of allylic oxidation sites excluding steroid dienone is 1. The van der Waals surface area contributed by atoms with Crippen molar-refractivity contribution in [2.45, 2.75) is 44.9 Å². The van der Waals surface area contributed by atoms with Gasteiger partial charge in [-0.25, -0.2) is 13.6 Å². The van der Waals surface area contributed by atoms with E-state index in [4.69, 9.17) is 9.56 Å². The van der Waals surface area contributed by atoms with Crippen LogP contribution in [0.4, 0.5) is 0 Å². The maximum absolute atomic E-state index is 12.2. The van der Waals surface area contributed by atoms with Gasteiger partial charge in [0.25, 0.3) is 8.32 Å². The average molecular weight is 446 g/mol. The lowest BCUT2D eigenvalue weighted by Gasteiger charge is -2.35. The van der Waals surface area contributed by atoms with E-state index in [1.807, 2.05) is 43.3 Å². The molecule has 0 aliphatic heterocycles. The molecule has 2 atom stereocenters. The minimum absolute atomic E-state index is 0.101. The smallest absolute Gasteiger partial charge is 0.255 e. The third-order valence-corrected chi connectivity index (χ3v) is 11.7. The zero-order valence-corrected chi connectivity index (χ0v) is 20.1. The van der Waals surface area contributed by atoms with E-state index in [0.29, 0.717) is 25.4 Å². The minimum atomic E-state index is -3.67. The fraction of sp³-hybridized carbons (Fsp3) is 0.417. The molecule has 0 unspecified atom stereocenters. The van der Waals surface area contributed by atoms with Crippen LogP contribution in [-0.2, 0) is 14.4 Å². The lowest BCUT2D eigenvalue weighted by molar-refractivity contribution is 0.290. The summed E-state index contributed by atoms with van der Waals surface area (Å²) in [5, 5.41) is 7.32. The van der Waals surface area contributed by atoms with Gasteiger partial charge in [-0.2, -0.15) is 0 Å². The Bertz CT molecular complexity index is 846. The van der Waals surface area contributed by atoms with E-state index in [2.05, 4.69) is 44.7 Å². The summed E-state index contributed by atoms with van der Waals surface area (Å²) in [6, 6.07) is 21.7. The van der Waals surface area contributed by atoms with Crippen molar-refractivity contribution in [1.82, 2.24) is 0 Å². The monoisotopic (exact) mass is 445 g/mol. The first-order valence-electron chi connectivity index (χ1n) is 10.6. The predicted molar refractivity (Wildman–Crippen MR) is 129 cm³/mol. The molecule has 0 heterocycles. The number of rotatable bonds is 12. The van der Waals surface area contributed by atoms with Gasteiger partial charge in [-0.3, -0.25) is 0 Å². The van der Waals surface area contributed by atoms with Gasteiger partial charge in [-0.15, -0.1) is 6.58 Å².